The van der Waals surface area contributed by atoms with Crippen molar-refractivity contribution in [3.63, 3.8) is 0 Å². The highest BCUT2D eigenvalue weighted by Gasteiger charge is 2.17. The molecule has 4 nitrogen and oxygen atoms in total. The maximum absolute atomic E-state index is 13.6. The lowest BCUT2D eigenvalue weighted by molar-refractivity contribution is 0.0962. The van der Waals surface area contributed by atoms with Gasteiger partial charge < -0.3 is 4.74 Å². The number of carbonyl (C=O) groups is 1. The molecule has 0 spiro atoms. The van der Waals surface area contributed by atoms with Crippen molar-refractivity contribution in [3.8, 4) is 0 Å². The third kappa shape index (κ3) is 4.55. The normalized spacial score (nSPS) is 16.6. The molecular weight excluding hydrogens is 271 g/mol. The van der Waals surface area contributed by atoms with Crippen LogP contribution in [0.3, 0.4) is 0 Å². The molecular formula is C16H21FN2O2. The van der Waals surface area contributed by atoms with Crippen LogP contribution in [-0.4, -0.2) is 24.6 Å². The van der Waals surface area contributed by atoms with Crippen LogP contribution in [0.2, 0.25) is 0 Å². The summed E-state index contributed by atoms with van der Waals surface area (Å²) in [5.41, 5.74) is -0.00597. The van der Waals surface area contributed by atoms with Gasteiger partial charge >= 0.3 is 0 Å². The van der Waals surface area contributed by atoms with Crippen molar-refractivity contribution < 1.29 is 13.9 Å². The third-order valence-electron chi connectivity index (χ3n) is 3.49. The quantitative estimate of drug-likeness (QED) is 0.686. The van der Waals surface area contributed by atoms with E-state index in [9.17, 15) is 9.18 Å². The largest absolute Gasteiger partial charge is 0.465 e. The molecule has 0 saturated heterocycles. The number of amides is 1. The number of aliphatic imine (C=N–C) groups is 1. The molecule has 1 aliphatic rings. The molecule has 0 aliphatic heterocycles. The van der Waals surface area contributed by atoms with Crippen molar-refractivity contribution >= 4 is 11.9 Å². The van der Waals surface area contributed by atoms with Crippen molar-refractivity contribution in [2.75, 3.05) is 6.61 Å². The number of nitrogens with zero attached hydrogens (tertiary/aromatic N) is 1. The minimum atomic E-state index is -0.552. The van der Waals surface area contributed by atoms with E-state index < -0.39 is 11.7 Å². The average Bonchev–Trinajstić information content (AvgIpc) is 2.49. The molecule has 0 aromatic heterocycles. The highest BCUT2D eigenvalue weighted by Crippen LogP contribution is 2.20. The molecule has 0 unspecified atom stereocenters. The fourth-order valence-electron chi connectivity index (χ4n) is 2.43. The maximum Gasteiger partial charge on any atom is 0.291 e. The third-order valence-corrected chi connectivity index (χ3v) is 3.49. The predicted octanol–water partition coefficient (Wildman–Crippen LogP) is 3.28. The van der Waals surface area contributed by atoms with Gasteiger partial charge in [0.2, 0.25) is 0 Å². The zero-order chi connectivity index (χ0) is 15.1. The number of carbonyl (C=O) groups excluding carboxylic acids is 1. The summed E-state index contributed by atoms with van der Waals surface area (Å²) in [6.07, 6.45) is 5.54. The Morgan fingerprint density at radius 1 is 1.33 bits per heavy atom. The van der Waals surface area contributed by atoms with E-state index in [2.05, 4.69) is 10.3 Å². The van der Waals surface area contributed by atoms with E-state index in [0.29, 0.717) is 6.61 Å². The van der Waals surface area contributed by atoms with Crippen LogP contribution in [0.1, 0.15) is 49.4 Å². The van der Waals surface area contributed by atoms with Gasteiger partial charge in [0.25, 0.3) is 11.9 Å². The molecule has 2 rings (SSSR count). The lowest BCUT2D eigenvalue weighted by Gasteiger charge is -2.19. The molecule has 1 aliphatic carbocycles. The number of ether oxygens (including phenoxy) is 1. The first-order chi connectivity index (χ1) is 10.2. The SMILES string of the molecule is CCOC(=NC1CCCCC1)NC(=O)c1ccccc1F. The Bertz CT molecular complexity index is 511. The minimum Gasteiger partial charge on any atom is -0.465 e. The van der Waals surface area contributed by atoms with Crippen LogP contribution in [0.5, 0.6) is 0 Å². The van der Waals surface area contributed by atoms with E-state index >= 15 is 0 Å². The van der Waals surface area contributed by atoms with Gasteiger partial charge in [0.1, 0.15) is 5.82 Å². The smallest absolute Gasteiger partial charge is 0.291 e. The highest BCUT2D eigenvalue weighted by molar-refractivity contribution is 6.04. The van der Waals surface area contributed by atoms with Crippen LogP contribution in [-0.2, 0) is 4.74 Å². The Kier molecular flexibility index (Phi) is 5.72. The van der Waals surface area contributed by atoms with Crippen LogP contribution in [0.25, 0.3) is 0 Å². The molecule has 1 N–H and O–H groups in total. The zero-order valence-electron chi connectivity index (χ0n) is 12.3. The van der Waals surface area contributed by atoms with Crippen molar-refractivity contribution in [1.82, 2.24) is 5.32 Å². The minimum absolute atomic E-state index is 0.00597. The monoisotopic (exact) mass is 292 g/mol. The molecule has 5 heteroatoms. The number of amidine groups is 1. The second kappa shape index (κ2) is 7.76. The number of hydrogen-bond acceptors (Lipinski definition) is 3. The highest BCUT2D eigenvalue weighted by atomic mass is 19.1. The Morgan fingerprint density at radius 2 is 2.05 bits per heavy atom. The molecule has 1 saturated carbocycles. The fourth-order valence-corrected chi connectivity index (χ4v) is 2.43. The van der Waals surface area contributed by atoms with E-state index in [1.54, 1.807) is 12.1 Å². The maximum atomic E-state index is 13.6. The summed E-state index contributed by atoms with van der Waals surface area (Å²) in [6, 6.07) is 6.24. The second-order valence-corrected chi connectivity index (χ2v) is 5.09. The number of halogens is 1. The molecule has 1 aromatic carbocycles. The average molecular weight is 292 g/mol. The van der Waals surface area contributed by atoms with Gasteiger partial charge in [0.15, 0.2) is 0 Å². The van der Waals surface area contributed by atoms with E-state index in [4.69, 9.17) is 4.74 Å². The fraction of sp³-hybridized carbons (Fsp3) is 0.500. The summed E-state index contributed by atoms with van der Waals surface area (Å²) in [4.78, 5) is 16.5. The number of benzene rings is 1. The predicted molar refractivity (Wildman–Crippen MR) is 79.8 cm³/mol. The number of nitrogens with one attached hydrogen (secondary N) is 1. The number of rotatable bonds is 3. The Balaban J connectivity index is 2.06. The summed E-state index contributed by atoms with van der Waals surface area (Å²) < 4.78 is 19.0. The van der Waals surface area contributed by atoms with Gasteiger partial charge in [-0.1, -0.05) is 31.4 Å². The molecule has 1 amide bonds. The van der Waals surface area contributed by atoms with Crippen LogP contribution >= 0.6 is 0 Å². The van der Waals surface area contributed by atoms with Crippen LogP contribution in [0.15, 0.2) is 29.3 Å². The van der Waals surface area contributed by atoms with Gasteiger partial charge in [-0.25, -0.2) is 9.38 Å². The Morgan fingerprint density at radius 3 is 2.71 bits per heavy atom. The molecule has 0 heterocycles. The van der Waals surface area contributed by atoms with Gasteiger partial charge in [-0.15, -0.1) is 0 Å². The van der Waals surface area contributed by atoms with Crippen LogP contribution in [0, 0.1) is 5.82 Å². The van der Waals surface area contributed by atoms with Crippen molar-refractivity contribution in [2.24, 2.45) is 4.99 Å². The lowest BCUT2D eigenvalue weighted by Crippen LogP contribution is -2.34. The second-order valence-electron chi connectivity index (χ2n) is 5.09. The van der Waals surface area contributed by atoms with Crippen LogP contribution < -0.4 is 5.32 Å². The van der Waals surface area contributed by atoms with Crippen molar-refractivity contribution in [1.29, 1.82) is 0 Å². The first-order valence-electron chi connectivity index (χ1n) is 7.47. The molecule has 0 atom stereocenters. The molecule has 21 heavy (non-hydrogen) atoms. The van der Waals surface area contributed by atoms with E-state index in [1.807, 2.05) is 6.92 Å². The molecule has 0 bridgehead atoms. The molecule has 1 aromatic rings. The van der Waals surface area contributed by atoms with Gasteiger partial charge in [-0.05, 0) is 31.9 Å². The van der Waals surface area contributed by atoms with Gasteiger partial charge in [-0.3, -0.25) is 10.1 Å². The van der Waals surface area contributed by atoms with Gasteiger partial charge in [0, 0.05) is 0 Å². The van der Waals surface area contributed by atoms with Gasteiger partial charge in [0.05, 0.1) is 18.2 Å². The van der Waals surface area contributed by atoms with E-state index in [-0.39, 0.29) is 17.6 Å². The molecule has 1 fully saturated rings. The van der Waals surface area contributed by atoms with E-state index in [1.165, 1.54) is 18.6 Å². The summed E-state index contributed by atoms with van der Waals surface area (Å²) in [6.45, 7) is 2.23. The Labute approximate surface area is 124 Å². The summed E-state index contributed by atoms with van der Waals surface area (Å²) >= 11 is 0. The summed E-state index contributed by atoms with van der Waals surface area (Å²) in [5.74, 6) is -1.08. The van der Waals surface area contributed by atoms with Crippen molar-refractivity contribution in [2.45, 2.75) is 45.1 Å². The first kappa shape index (κ1) is 15.5. The first-order valence-corrected chi connectivity index (χ1v) is 7.47. The van der Waals surface area contributed by atoms with Crippen LogP contribution in [0.4, 0.5) is 4.39 Å². The molecule has 0 radical (unpaired) electrons. The number of hydrogen-bond donors (Lipinski definition) is 1. The van der Waals surface area contributed by atoms with E-state index in [0.717, 1.165) is 25.7 Å². The zero-order valence-corrected chi connectivity index (χ0v) is 12.3. The van der Waals surface area contributed by atoms with Gasteiger partial charge in [-0.2, -0.15) is 0 Å². The van der Waals surface area contributed by atoms with Crippen molar-refractivity contribution in [3.05, 3.63) is 35.6 Å². The topological polar surface area (TPSA) is 50.7 Å². The Hall–Kier alpha value is -1.91. The summed E-state index contributed by atoms with van der Waals surface area (Å²) in [5, 5.41) is 2.57. The standard InChI is InChI=1S/C16H21FN2O2/c1-2-21-16(18-12-8-4-3-5-9-12)19-15(20)13-10-6-7-11-14(13)17/h6-7,10-12H,2-5,8-9H2,1H3,(H,18,19,20). The molecule has 114 valence electrons. The summed E-state index contributed by atoms with van der Waals surface area (Å²) in [7, 11) is 0. The lowest BCUT2D eigenvalue weighted by atomic mass is 9.96.